The summed E-state index contributed by atoms with van der Waals surface area (Å²) < 4.78 is 29.3. The van der Waals surface area contributed by atoms with Gasteiger partial charge in [0.1, 0.15) is 22.6 Å². The van der Waals surface area contributed by atoms with Crippen molar-refractivity contribution in [3.05, 3.63) is 40.4 Å². The Hall–Kier alpha value is -2.43. The number of nitrogens with zero attached hydrogens (tertiary/aromatic N) is 3. The Bertz CT molecular complexity index is 1010. The zero-order valence-corrected chi connectivity index (χ0v) is 21.2. The van der Waals surface area contributed by atoms with Gasteiger partial charge in [0.2, 0.25) is 0 Å². The largest absolute Gasteiger partial charge is 0.490 e. The molecule has 0 aromatic heterocycles. The van der Waals surface area contributed by atoms with Crippen LogP contribution in [0, 0.1) is 0 Å². The molecule has 2 fully saturated rings. The van der Waals surface area contributed by atoms with Crippen molar-refractivity contribution in [1.29, 1.82) is 0 Å². The third kappa shape index (κ3) is 5.24. The van der Waals surface area contributed by atoms with Crippen molar-refractivity contribution in [2.45, 2.75) is 50.5 Å². The summed E-state index contributed by atoms with van der Waals surface area (Å²) in [5.74, 6) is 1.89. The van der Waals surface area contributed by atoms with E-state index in [1.807, 2.05) is 12.1 Å². The molecule has 4 aliphatic rings. The van der Waals surface area contributed by atoms with Gasteiger partial charge in [-0.2, -0.15) is 0 Å². The Morgan fingerprint density at radius 1 is 1.14 bits per heavy atom. The predicted molar refractivity (Wildman–Crippen MR) is 134 cm³/mol. The number of nitrogens with one attached hydrogen (secondary N) is 1. The molecule has 0 aliphatic carbocycles. The second-order valence-electron chi connectivity index (χ2n) is 9.41. The fourth-order valence-corrected chi connectivity index (χ4v) is 6.61. The van der Waals surface area contributed by atoms with Crippen LogP contribution < -0.4 is 10.1 Å². The maximum absolute atomic E-state index is 12.8. The average Bonchev–Trinajstić information content (AvgIpc) is 3.29. The van der Waals surface area contributed by atoms with Crippen LogP contribution in [-0.2, 0) is 20.3 Å². The number of esters is 1. The third-order valence-corrected chi connectivity index (χ3v) is 8.65. The number of hydrogen-bond acceptors (Lipinski definition) is 9. The zero-order valence-electron chi connectivity index (χ0n) is 20.4. The van der Waals surface area contributed by atoms with Gasteiger partial charge in [-0.05, 0) is 49.9 Å². The molecule has 0 spiro atoms. The van der Waals surface area contributed by atoms with Crippen molar-refractivity contribution in [3.63, 3.8) is 0 Å². The zero-order chi connectivity index (χ0) is 24.4. The number of carbonyl (C=O) groups excluding carboxylic acids is 1. The molecular weight excluding hydrogens is 468 g/mol. The number of rotatable bonds is 5. The number of likely N-dealkylation sites (tertiary alicyclic amines) is 1. The number of methoxy groups -OCH3 is 1. The molecule has 1 aromatic carbocycles. The second-order valence-corrected chi connectivity index (χ2v) is 10.9. The number of allylic oxidation sites excluding steroid dienone is 1. The summed E-state index contributed by atoms with van der Waals surface area (Å²) in [5, 5.41) is 3.62. The molecule has 2 atom stereocenters. The molecule has 0 radical (unpaired) electrons. The number of aliphatic imine (C=N–C) groups is 1. The minimum absolute atomic E-state index is 0.105. The van der Waals surface area contributed by atoms with Crippen LogP contribution in [0.4, 0.5) is 0 Å². The lowest BCUT2D eigenvalue weighted by atomic mass is 10.1. The number of piperidine rings is 1. The molecule has 5 rings (SSSR count). The van der Waals surface area contributed by atoms with E-state index >= 15 is 0 Å². The first-order chi connectivity index (χ1) is 17.0. The molecule has 1 aromatic rings. The van der Waals surface area contributed by atoms with Crippen molar-refractivity contribution >= 4 is 22.6 Å². The van der Waals surface area contributed by atoms with Crippen molar-refractivity contribution in [1.82, 2.24) is 15.1 Å². The van der Waals surface area contributed by atoms with Crippen LogP contribution in [0.5, 0.6) is 5.75 Å². The van der Waals surface area contributed by atoms with Gasteiger partial charge in [0.25, 0.3) is 0 Å². The highest BCUT2D eigenvalue weighted by Gasteiger charge is 2.39. The van der Waals surface area contributed by atoms with Crippen LogP contribution in [0.2, 0.25) is 0 Å². The van der Waals surface area contributed by atoms with E-state index in [0.29, 0.717) is 17.4 Å². The number of carbonyl (C=O) groups is 1. The quantitative estimate of drug-likeness (QED) is 0.612. The van der Waals surface area contributed by atoms with Gasteiger partial charge in [-0.3, -0.25) is 9.11 Å². The normalized spacial score (nSPS) is 26.3. The fraction of sp³-hybridized carbons (Fsp3) is 0.600. The molecule has 4 heterocycles. The van der Waals surface area contributed by atoms with Gasteiger partial charge < -0.3 is 24.4 Å². The number of amidine groups is 1. The molecule has 9 nitrogen and oxygen atoms in total. The van der Waals surface area contributed by atoms with E-state index < -0.39 is 10.8 Å². The first-order valence-corrected chi connectivity index (χ1v) is 13.7. The number of hydrogen-bond donors (Lipinski definition) is 1. The monoisotopic (exact) mass is 502 g/mol. The summed E-state index contributed by atoms with van der Waals surface area (Å²) in [5.41, 5.74) is 1.67. The van der Waals surface area contributed by atoms with Gasteiger partial charge >= 0.3 is 5.97 Å². The standard InChI is InChI=1S/C25H34N4O5S/c1-28-21-11-16-35(31)22(21)23(26-18-9-14-33-15-10-18)27-25(28)29-12-7-20(8-13-29)34-19-5-3-17(4-6-19)24(30)32-2/h3-6,18,20,25H,7-16H2,1-2H3,(H,26,27). The molecule has 0 bridgehead atoms. The summed E-state index contributed by atoms with van der Waals surface area (Å²) in [4.78, 5) is 22.2. The smallest absolute Gasteiger partial charge is 0.337 e. The van der Waals surface area contributed by atoms with Gasteiger partial charge in [0.15, 0.2) is 6.29 Å². The molecule has 10 heteroatoms. The molecule has 2 unspecified atom stereocenters. The van der Waals surface area contributed by atoms with Crippen molar-refractivity contribution in [2.75, 3.05) is 46.2 Å². The van der Waals surface area contributed by atoms with Gasteiger partial charge in [-0.1, -0.05) is 0 Å². The molecule has 0 amide bonds. The van der Waals surface area contributed by atoms with Gasteiger partial charge in [-0.25, -0.2) is 9.79 Å². The van der Waals surface area contributed by atoms with Gasteiger partial charge in [0.05, 0.1) is 23.5 Å². The van der Waals surface area contributed by atoms with E-state index in [1.165, 1.54) is 7.11 Å². The van der Waals surface area contributed by atoms with Crippen LogP contribution >= 0.6 is 0 Å². The Morgan fingerprint density at radius 2 is 1.86 bits per heavy atom. The van der Waals surface area contributed by atoms with Crippen LogP contribution in [0.25, 0.3) is 0 Å². The second kappa shape index (κ2) is 10.7. The summed E-state index contributed by atoms with van der Waals surface area (Å²) in [6, 6.07) is 7.40. The maximum Gasteiger partial charge on any atom is 0.337 e. The van der Waals surface area contributed by atoms with E-state index in [4.69, 9.17) is 19.2 Å². The Balaban J connectivity index is 1.23. The van der Waals surface area contributed by atoms with Gasteiger partial charge in [0, 0.05) is 57.3 Å². The lowest BCUT2D eigenvalue weighted by Gasteiger charge is -2.43. The molecular formula is C25H34N4O5S. The summed E-state index contributed by atoms with van der Waals surface area (Å²) >= 11 is 0. The number of benzene rings is 1. The first-order valence-electron chi connectivity index (χ1n) is 12.4. The van der Waals surface area contributed by atoms with Crippen molar-refractivity contribution < 1.29 is 23.2 Å². The highest BCUT2D eigenvalue weighted by molar-refractivity contribution is 7.90. The predicted octanol–water partition coefficient (Wildman–Crippen LogP) is 2.08. The van der Waals surface area contributed by atoms with E-state index in [1.54, 1.807) is 12.1 Å². The SMILES string of the molecule is COC(=O)c1ccc(OC2CCN(C3N=C(NC4CCOCC4)C4=C(CCS4=O)N3C)CC2)cc1. The summed E-state index contributed by atoms with van der Waals surface area (Å²) in [6.07, 6.45) is 4.49. The molecule has 190 valence electrons. The summed E-state index contributed by atoms with van der Waals surface area (Å²) in [6.45, 7) is 3.23. The highest BCUT2D eigenvalue weighted by atomic mass is 32.2. The highest BCUT2D eigenvalue weighted by Crippen LogP contribution is 2.33. The van der Waals surface area contributed by atoms with Crippen LogP contribution in [0.15, 0.2) is 39.9 Å². The van der Waals surface area contributed by atoms with Crippen LogP contribution in [0.1, 0.15) is 42.5 Å². The third-order valence-electron chi connectivity index (χ3n) is 7.19. The van der Waals surface area contributed by atoms with Crippen molar-refractivity contribution in [3.8, 4) is 5.75 Å². The van der Waals surface area contributed by atoms with Crippen molar-refractivity contribution in [2.24, 2.45) is 4.99 Å². The molecule has 4 aliphatic heterocycles. The van der Waals surface area contributed by atoms with Crippen LogP contribution in [-0.4, -0.2) is 90.5 Å². The van der Waals surface area contributed by atoms with Crippen LogP contribution in [0.3, 0.4) is 0 Å². The molecule has 1 N–H and O–H groups in total. The van der Waals surface area contributed by atoms with E-state index in [9.17, 15) is 9.00 Å². The molecule has 2 saturated heterocycles. The minimum atomic E-state index is -1.00. The molecule has 0 saturated carbocycles. The Kier molecular flexibility index (Phi) is 7.40. The Labute approximate surface area is 208 Å². The lowest BCUT2D eigenvalue weighted by Crippen LogP contribution is -2.53. The number of ether oxygens (including phenoxy) is 3. The van der Waals surface area contributed by atoms with E-state index in [-0.39, 0.29) is 18.4 Å². The maximum atomic E-state index is 12.8. The summed E-state index contributed by atoms with van der Waals surface area (Å²) in [7, 11) is 2.45. The minimum Gasteiger partial charge on any atom is -0.490 e. The molecule has 35 heavy (non-hydrogen) atoms. The van der Waals surface area contributed by atoms with E-state index in [0.717, 1.165) is 80.6 Å². The average molecular weight is 503 g/mol. The topological polar surface area (TPSA) is 92.7 Å². The fourth-order valence-electron chi connectivity index (χ4n) is 5.19. The van der Waals surface area contributed by atoms with Gasteiger partial charge in [-0.15, -0.1) is 0 Å². The first kappa shape index (κ1) is 24.3. The Morgan fingerprint density at radius 3 is 2.54 bits per heavy atom. The lowest BCUT2D eigenvalue weighted by molar-refractivity contribution is 0.0285. The van der Waals surface area contributed by atoms with E-state index in [2.05, 4.69) is 22.2 Å².